The van der Waals surface area contributed by atoms with Crippen LogP contribution in [0.15, 0.2) is 47.5 Å². The molecule has 1 amide bonds. The average Bonchev–Trinajstić information content (AvgIpc) is 3.23. The smallest absolute Gasteiger partial charge is 0.250 e. The normalized spacial score (nSPS) is 16.8. The van der Waals surface area contributed by atoms with E-state index in [1.165, 1.54) is 35.2 Å². The van der Waals surface area contributed by atoms with Crippen molar-refractivity contribution >= 4 is 50.0 Å². The number of carbonyl (C=O) groups excluding carboxylic acids is 1. The fourth-order valence-corrected chi connectivity index (χ4v) is 4.50. The van der Waals surface area contributed by atoms with Crippen LogP contribution in [0.2, 0.25) is 0 Å². The van der Waals surface area contributed by atoms with Gasteiger partial charge in [0.15, 0.2) is 0 Å². The third-order valence-electron chi connectivity index (χ3n) is 3.64. The molecule has 2 heterocycles. The summed E-state index contributed by atoms with van der Waals surface area (Å²) in [5.41, 5.74) is 1.42. The number of nitrogens with zero attached hydrogens (tertiary/aromatic N) is 2. The summed E-state index contributed by atoms with van der Waals surface area (Å²) in [5.74, 6) is 0.721. The number of thiazole rings is 1. The third-order valence-corrected chi connectivity index (χ3v) is 5.85. The lowest BCUT2D eigenvalue weighted by molar-refractivity contribution is -0.116. The molecule has 0 saturated heterocycles. The maximum absolute atomic E-state index is 12.3. The third kappa shape index (κ3) is 3.31. The number of aromatic nitrogens is 1. The second kappa shape index (κ2) is 6.38. The molecule has 3 N–H and O–H groups in total. The molecule has 0 spiro atoms. The minimum Gasteiger partial charge on any atom is -0.508 e. The van der Waals surface area contributed by atoms with Crippen molar-refractivity contribution < 1.29 is 15.0 Å². The summed E-state index contributed by atoms with van der Waals surface area (Å²) >= 11 is 2.94. The van der Waals surface area contributed by atoms with Crippen LogP contribution in [-0.2, 0) is 4.79 Å². The molecule has 0 fully saturated rings. The second-order valence-corrected chi connectivity index (χ2v) is 7.51. The van der Waals surface area contributed by atoms with Crippen LogP contribution in [-0.4, -0.2) is 37.9 Å². The van der Waals surface area contributed by atoms with Gasteiger partial charge in [0.1, 0.15) is 27.6 Å². The number of amides is 1. The lowest BCUT2D eigenvalue weighted by atomic mass is 10.2. The minimum atomic E-state index is -0.478. The Morgan fingerprint density at radius 2 is 1.88 bits per heavy atom. The van der Waals surface area contributed by atoms with Gasteiger partial charge in [-0.3, -0.25) is 9.79 Å². The molecular weight excluding hydrogens is 358 g/mol. The molecule has 0 aliphatic carbocycles. The molecule has 126 valence electrons. The Morgan fingerprint density at radius 3 is 2.68 bits per heavy atom. The van der Waals surface area contributed by atoms with E-state index in [1.807, 2.05) is 0 Å². The standard InChI is InChI=1S/C17H13N3O3S2/c21-10-3-1-9(2-4-10)18-15(23)13-8-24-16(20-13)17-19-12-6-5-11(22)7-14(12)25-17/h1-7,13,21-22H,8H2,(H,18,23)/t13-/m1/s1. The Bertz CT molecular complexity index is 982. The number of carbonyl (C=O) groups is 1. The van der Waals surface area contributed by atoms with Crippen LogP contribution < -0.4 is 5.32 Å². The van der Waals surface area contributed by atoms with E-state index in [1.54, 1.807) is 30.3 Å². The van der Waals surface area contributed by atoms with Crippen LogP contribution in [0.3, 0.4) is 0 Å². The number of phenolic OH excluding ortho intramolecular Hbond substituents is 2. The highest BCUT2D eigenvalue weighted by molar-refractivity contribution is 8.15. The number of benzene rings is 2. The van der Waals surface area contributed by atoms with Crippen LogP contribution in [0.4, 0.5) is 5.69 Å². The SMILES string of the molecule is O=C(Nc1ccc(O)cc1)[C@H]1CSC(c2nc3ccc(O)cc3s2)=N1. The topological polar surface area (TPSA) is 94.8 Å². The lowest BCUT2D eigenvalue weighted by Gasteiger charge is -2.07. The first-order valence-corrected chi connectivity index (χ1v) is 9.29. The molecule has 2 aromatic carbocycles. The van der Waals surface area contributed by atoms with Gasteiger partial charge in [0.05, 0.1) is 10.2 Å². The Balaban J connectivity index is 1.52. The average molecular weight is 371 g/mol. The van der Waals surface area contributed by atoms with E-state index in [0.717, 1.165) is 20.3 Å². The molecule has 6 nitrogen and oxygen atoms in total. The first-order chi connectivity index (χ1) is 12.1. The van der Waals surface area contributed by atoms with Crippen LogP contribution in [0.25, 0.3) is 10.2 Å². The molecule has 8 heteroatoms. The molecule has 0 unspecified atom stereocenters. The molecule has 1 atom stereocenters. The van der Waals surface area contributed by atoms with Gasteiger partial charge in [-0.2, -0.15) is 0 Å². The zero-order valence-electron chi connectivity index (χ0n) is 12.8. The van der Waals surface area contributed by atoms with Crippen molar-refractivity contribution in [2.75, 3.05) is 11.1 Å². The summed E-state index contributed by atoms with van der Waals surface area (Å²) in [6, 6.07) is 10.9. The largest absolute Gasteiger partial charge is 0.508 e. The van der Waals surface area contributed by atoms with E-state index >= 15 is 0 Å². The predicted octanol–water partition coefficient (Wildman–Crippen LogP) is 3.21. The summed E-state index contributed by atoms with van der Waals surface area (Å²) in [4.78, 5) is 21.4. The summed E-state index contributed by atoms with van der Waals surface area (Å²) in [6.45, 7) is 0. The van der Waals surface area contributed by atoms with Gasteiger partial charge in [-0.1, -0.05) is 0 Å². The molecule has 1 aliphatic rings. The molecule has 3 aromatic rings. The molecule has 1 aliphatic heterocycles. The van der Waals surface area contributed by atoms with Crippen LogP contribution in [0.1, 0.15) is 5.01 Å². The lowest BCUT2D eigenvalue weighted by Crippen LogP contribution is -2.26. The second-order valence-electron chi connectivity index (χ2n) is 5.47. The number of hydrogen-bond donors (Lipinski definition) is 3. The number of nitrogens with one attached hydrogen (secondary N) is 1. The molecule has 25 heavy (non-hydrogen) atoms. The zero-order chi connectivity index (χ0) is 17.4. The highest BCUT2D eigenvalue weighted by Crippen LogP contribution is 2.31. The summed E-state index contributed by atoms with van der Waals surface area (Å²) in [6.07, 6.45) is 0. The fourth-order valence-electron chi connectivity index (χ4n) is 2.40. The first kappa shape index (κ1) is 15.9. The van der Waals surface area contributed by atoms with Gasteiger partial charge in [0.25, 0.3) is 0 Å². The van der Waals surface area contributed by atoms with Crippen LogP contribution in [0.5, 0.6) is 11.5 Å². The van der Waals surface area contributed by atoms with Crippen molar-refractivity contribution in [2.45, 2.75) is 6.04 Å². The molecule has 0 radical (unpaired) electrons. The quantitative estimate of drug-likeness (QED) is 0.615. The minimum absolute atomic E-state index is 0.150. The molecule has 1 aromatic heterocycles. The fraction of sp³-hybridized carbons (Fsp3) is 0.118. The Morgan fingerprint density at radius 1 is 1.12 bits per heavy atom. The molecule has 0 bridgehead atoms. The summed E-state index contributed by atoms with van der Waals surface area (Å²) < 4.78 is 0.885. The maximum atomic E-state index is 12.3. The van der Waals surface area contributed by atoms with E-state index in [2.05, 4.69) is 15.3 Å². The van der Waals surface area contributed by atoms with Gasteiger partial charge >= 0.3 is 0 Å². The van der Waals surface area contributed by atoms with Gasteiger partial charge in [-0.05, 0) is 42.5 Å². The first-order valence-electron chi connectivity index (χ1n) is 7.49. The van der Waals surface area contributed by atoms with Crippen molar-refractivity contribution in [1.29, 1.82) is 0 Å². The molecular formula is C17H13N3O3S2. The van der Waals surface area contributed by atoms with Gasteiger partial charge < -0.3 is 15.5 Å². The summed E-state index contributed by atoms with van der Waals surface area (Å²) in [5, 5.41) is 23.1. The molecule has 4 rings (SSSR count). The highest BCUT2D eigenvalue weighted by Gasteiger charge is 2.27. The Kier molecular flexibility index (Phi) is 4.06. The number of hydrogen-bond acceptors (Lipinski definition) is 7. The monoisotopic (exact) mass is 371 g/mol. The number of fused-ring (bicyclic) bond motifs is 1. The Hall–Kier alpha value is -2.58. The number of aliphatic imine (C=N–C) groups is 1. The van der Waals surface area contributed by atoms with Gasteiger partial charge in [0, 0.05) is 11.4 Å². The van der Waals surface area contributed by atoms with Crippen molar-refractivity contribution in [1.82, 2.24) is 4.98 Å². The number of thioether (sulfide) groups is 1. The van der Waals surface area contributed by atoms with E-state index in [0.29, 0.717) is 11.4 Å². The number of phenols is 2. The van der Waals surface area contributed by atoms with Crippen molar-refractivity contribution in [3.8, 4) is 11.5 Å². The van der Waals surface area contributed by atoms with Gasteiger partial charge in [-0.15, -0.1) is 23.1 Å². The van der Waals surface area contributed by atoms with E-state index in [-0.39, 0.29) is 17.4 Å². The number of anilines is 1. The number of aromatic hydroxyl groups is 2. The predicted molar refractivity (Wildman–Crippen MR) is 101 cm³/mol. The van der Waals surface area contributed by atoms with Crippen LogP contribution in [0, 0.1) is 0 Å². The van der Waals surface area contributed by atoms with Crippen molar-refractivity contribution in [2.24, 2.45) is 4.99 Å². The van der Waals surface area contributed by atoms with Gasteiger partial charge in [0.2, 0.25) is 5.91 Å². The van der Waals surface area contributed by atoms with Gasteiger partial charge in [-0.25, -0.2) is 4.98 Å². The van der Waals surface area contributed by atoms with E-state index in [4.69, 9.17) is 0 Å². The Labute approximate surface area is 151 Å². The van der Waals surface area contributed by atoms with E-state index in [9.17, 15) is 15.0 Å². The van der Waals surface area contributed by atoms with Crippen LogP contribution >= 0.6 is 23.1 Å². The molecule has 0 saturated carbocycles. The maximum Gasteiger partial charge on any atom is 0.250 e. The van der Waals surface area contributed by atoms with Crippen molar-refractivity contribution in [3.05, 3.63) is 47.5 Å². The highest BCUT2D eigenvalue weighted by atomic mass is 32.2. The zero-order valence-corrected chi connectivity index (χ0v) is 14.5. The van der Waals surface area contributed by atoms with Crippen molar-refractivity contribution in [3.63, 3.8) is 0 Å². The summed E-state index contributed by atoms with van der Waals surface area (Å²) in [7, 11) is 0. The number of rotatable bonds is 3. The van der Waals surface area contributed by atoms with E-state index < -0.39 is 6.04 Å².